The molecule has 1 aromatic rings. The second kappa shape index (κ2) is 6.81. The quantitative estimate of drug-likeness (QED) is 0.841. The van der Waals surface area contributed by atoms with Crippen LogP contribution in [-0.2, 0) is 0 Å². The van der Waals surface area contributed by atoms with E-state index in [1.807, 2.05) is 4.90 Å². The normalized spacial score (nSPS) is 20.8. The molecule has 6 nitrogen and oxygen atoms in total. The van der Waals surface area contributed by atoms with Gasteiger partial charge in [-0.05, 0) is 13.0 Å². The van der Waals surface area contributed by atoms with Crippen LogP contribution in [0.25, 0.3) is 0 Å². The van der Waals surface area contributed by atoms with E-state index in [1.165, 1.54) is 0 Å². The Hall–Kier alpha value is -1.47. The zero-order chi connectivity index (χ0) is 14.5. The Bertz CT molecular complexity index is 445. The molecular formula is C13H22FN5O. The highest BCUT2D eigenvalue weighted by molar-refractivity contribution is 5.42. The number of halogens is 1. The van der Waals surface area contributed by atoms with Crippen molar-refractivity contribution in [2.45, 2.75) is 19.4 Å². The molecule has 1 aliphatic heterocycles. The summed E-state index contributed by atoms with van der Waals surface area (Å²) in [6.07, 6.45) is 1.77. The van der Waals surface area contributed by atoms with Gasteiger partial charge in [0.15, 0.2) is 11.6 Å². The van der Waals surface area contributed by atoms with Gasteiger partial charge in [-0.15, -0.1) is 0 Å². The third-order valence-electron chi connectivity index (χ3n) is 3.38. The van der Waals surface area contributed by atoms with Crippen molar-refractivity contribution < 1.29 is 9.50 Å². The molecule has 1 saturated heterocycles. The number of β-amino-alcohol motifs (C(OH)–C–C–N with tert-alkyl or cyclic N) is 1. The Morgan fingerprint density at radius 1 is 1.45 bits per heavy atom. The first-order valence-electron chi connectivity index (χ1n) is 6.99. The third-order valence-corrected chi connectivity index (χ3v) is 3.38. The fraction of sp³-hybridized carbons (Fsp3) is 0.692. The summed E-state index contributed by atoms with van der Waals surface area (Å²) >= 11 is 0. The minimum atomic E-state index is -0.473. The highest BCUT2D eigenvalue weighted by Gasteiger charge is 2.22. The summed E-state index contributed by atoms with van der Waals surface area (Å²) in [4.78, 5) is 12.3. The van der Waals surface area contributed by atoms with Crippen molar-refractivity contribution in [1.29, 1.82) is 0 Å². The van der Waals surface area contributed by atoms with Crippen LogP contribution in [0.1, 0.15) is 13.3 Å². The average Bonchev–Trinajstić information content (AvgIpc) is 2.61. The molecule has 1 atom stereocenters. The molecule has 0 aromatic carbocycles. The van der Waals surface area contributed by atoms with Gasteiger partial charge in [-0.25, -0.2) is 9.37 Å². The second-order valence-electron chi connectivity index (χ2n) is 5.02. The number of aliphatic hydroxyl groups is 1. The van der Waals surface area contributed by atoms with Crippen LogP contribution in [0, 0.1) is 5.82 Å². The summed E-state index contributed by atoms with van der Waals surface area (Å²) < 4.78 is 13.4. The highest BCUT2D eigenvalue weighted by Crippen LogP contribution is 2.16. The van der Waals surface area contributed by atoms with Gasteiger partial charge in [0.25, 0.3) is 0 Å². The lowest BCUT2D eigenvalue weighted by Gasteiger charge is -2.22. The molecule has 2 rings (SSSR count). The molecule has 2 heterocycles. The smallest absolute Gasteiger partial charge is 0.227 e. The van der Waals surface area contributed by atoms with E-state index in [0.29, 0.717) is 19.0 Å². The van der Waals surface area contributed by atoms with Gasteiger partial charge in [-0.3, -0.25) is 4.90 Å². The van der Waals surface area contributed by atoms with Gasteiger partial charge >= 0.3 is 0 Å². The van der Waals surface area contributed by atoms with Crippen LogP contribution in [-0.4, -0.2) is 65.8 Å². The van der Waals surface area contributed by atoms with E-state index in [2.05, 4.69) is 27.1 Å². The Morgan fingerprint density at radius 2 is 2.25 bits per heavy atom. The monoisotopic (exact) mass is 283 g/mol. The van der Waals surface area contributed by atoms with Crippen molar-refractivity contribution >= 4 is 11.8 Å². The molecule has 0 aliphatic carbocycles. The second-order valence-corrected chi connectivity index (χ2v) is 5.02. The summed E-state index contributed by atoms with van der Waals surface area (Å²) in [6.45, 7) is 5.79. The van der Waals surface area contributed by atoms with E-state index in [-0.39, 0.29) is 5.82 Å². The van der Waals surface area contributed by atoms with Gasteiger partial charge in [-0.2, -0.15) is 4.98 Å². The first-order chi connectivity index (χ1) is 9.63. The van der Waals surface area contributed by atoms with Crippen molar-refractivity contribution in [2.75, 3.05) is 50.0 Å². The molecule has 7 heteroatoms. The van der Waals surface area contributed by atoms with Crippen LogP contribution in [0.5, 0.6) is 0 Å². The van der Waals surface area contributed by atoms with E-state index >= 15 is 0 Å². The predicted octanol–water partition coefficient (Wildman–Crippen LogP) is 0.550. The highest BCUT2D eigenvalue weighted by atomic mass is 19.1. The first kappa shape index (κ1) is 14.9. The van der Waals surface area contributed by atoms with E-state index in [4.69, 9.17) is 0 Å². The molecule has 0 bridgehead atoms. The Morgan fingerprint density at radius 3 is 2.95 bits per heavy atom. The van der Waals surface area contributed by atoms with E-state index in [1.54, 1.807) is 7.05 Å². The SMILES string of the molecule is CCCN1CCN(c2ncc(F)c(NC)n2)C[C@H](O)C1. The van der Waals surface area contributed by atoms with Gasteiger partial charge in [0.2, 0.25) is 5.95 Å². The van der Waals surface area contributed by atoms with Crippen molar-refractivity contribution in [2.24, 2.45) is 0 Å². The van der Waals surface area contributed by atoms with Gasteiger partial charge in [0.05, 0.1) is 12.3 Å². The fourth-order valence-electron chi connectivity index (χ4n) is 2.44. The Balaban J connectivity index is 2.12. The Kier molecular flexibility index (Phi) is 5.08. The number of hydrogen-bond donors (Lipinski definition) is 2. The average molecular weight is 283 g/mol. The largest absolute Gasteiger partial charge is 0.390 e. The van der Waals surface area contributed by atoms with Crippen molar-refractivity contribution in [3.8, 4) is 0 Å². The summed E-state index contributed by atoms with van der Waals surface area (Å²) in [6, 6.07) is 0. The van der Waals surface area contributed by atoms with E-state index in [9.17, 15) is 9.50 Å². The molecule has 0 unspecified atom stereocenters. The van der Waals surface area contributed by atoms with Crippen LogP contribution >= 0.6 is 0 Å². The maximum Gasteiger partial charge on any atom is 0.227 e. The van der Waals surface area contributed by atoms with E-state index in [0.717, 1.165) is 32.3 Å². The molecule has 0 radical (unpaired) electrons. The van der Waals surface area contributed by atoms with Crippen LogP contribution in [0.3, 0.4) is 0 Å². The molecule has 1 aromatic heterocycles. The fourth-order valence-corrected chi connectivity index (χ4v) is 2.44. The number of hydrogen-bond acceptors (Lipinski definition) is 6. The number of anilines is 2. The van der Waals surface area contributed by atoms with Crippen LogP contribution in [0.2, 0.25) is 0 Å². The molecule has 1 aliphatic rings. The maximum atomic E-state index is 13.4. The van der Waals surface area contributed by atoms with Crippen LogP contribution in [0.15, 0.2) is 6.20 Å². The number of aliphatic hydroxyl groups excluding tert-OH is 1. The van der Waals surface area contributed by atoms with Gasteiger partial charge < -0.3 is 15.3 Å². The predicted molar refractivity (Wildman–Crippen MR) is 76.5 cm³/mol. The van der Waals surface area contributed by atoms with Gasteiger partial charge in [0.1, 0.15) is 0 Å². The standard InChI is InChI=1S/C13H22FN5O/c1-3-4-18-5-6-19(9-10(20)8-18)13-16-7-11(14)12(15-2)17-13/h7,10,20H,3-6,8-9H2,1-2H3,(H,15,16,17)/t10-/m1/s1. The molecule has 0 saturated carbocycles. The molecule has 0 spiro atoms. The molecule has 0 amide bonds. The summed E-state index contributed by atoms with van der Waals surface area (Å²) in [5.41, 5.74) is 0. The zero-order valence-electron chi connectivity index (χ0n) is 12.0. The lowest BCUT2D eigenvalue weighted by molar-refractivity contribution is 0.132. The molecule has 2 N–H and O–H groups in total. The van der Waals surface area contributed by atoms with Crippen molar-refractivity contribution in [3.63, 3.8) is 0 Å². The Labute approximate surface area is 118 Å². The summed E-state index contributed by atoms with van der Waals surface area (Å²) in [5.74, 6) is 0.159. The molecule has 1 fully saturated rings. The molecule has 20 heavy (non-hydrogen) atoms. The van der Waals surface area contributed by atoms with E-state index < -0.39 is 11.9 Å². The van der Waals surface area contributed by atoms with Crippen molar-refractivity contribution in [3.05, 3.63) is 12.0 Å². The number of aromatic nitrogens is 2. The third kappa shape index (κ3) is 3.55. The van der Waals surface area contributed by atoms with Gasteiger partial charge in [-0.1, -0.05) is 6.92 Å². The maximum absolute atomic E-state index is 13.4. The van der Waals surface area contributed by atoms with Crippen LogP contribution in [0.4, 0.5) is 16.2 Å². The number of nitrogens with zero attached hydrogens (tertiary/aromatic N) is 4. The lowest BCUT2D eigenvalue weighted by atomic mass is 10.3. The molecular weight excluding hydrogens is 261 g/mol. The number of nitrogens with one attached hydrogen (secondary N) is 1. The zero-order valence-corrected chi connectivity index (χ0v) is 12.0. The van der Waals surface area contributed by atoms with Gasteiger partial charge in [0, 0.05) is 33.2 Å². The summed E-state index contributed by atoms with van der Waals surface area (Å²) in [7, 11) is 1.62. The minimum absolute atomic E-state index is 0.180. The lowest BCUT2D eigenvalue weighted by Crippen LogP contribution is -2.34. The van der Waals surface area contributed by atoms with Crippen molar-refractivity contribution in [1.82, 2.24) is 14.9 Å². The minimum Gasteiger partial charge on any atom is -0.390 e. The van der Waals surface area contributed by atoms with Crippen LogP contribution < -0.4 is 10.2 Å². The number of rotatable bonds is 4. The molecule has 112 valence electrons. The first-order valence-corrected chi connectivity index (χ1v) is 6.99. The summed E-state index contributed by atoms with van der Waals surface area (Å²) in [5, 5.41) is 12.8. The topological polar surface area (TPSA) is 64.5 Å².